The van der Waals surface area contributed by atoms with Crippen LogP contribution in [0.15, 0.2) is 81.4 Å². The summed E-state index contributed by atoms with van der Waals surface area (Å²) in [7, 11) is 0.781. The second kappa shape index (κ2) is 7.52. The fourth-order valence-electron chi connectivity index (χ4n) is 3.08. The first kappa shape index (κ1) is 17.4. The van der Waals surface area contributed by atoms with Gasteiger partial charge in [0, 0.05) is 22.5 Å². The SMILES string of the molecule is C=C/C=C\c1c(C=C)c2n(c1C=C)C(=C)/C(=C\C=C)B/C2=C/C=C. The number of aromatic nitrogens is 1. The van der Waals surface area contributed by atoms with Gasteiger partial charge in [0.2, 0.25) is 0 Å². The lowest BCUT2D eigenvalue weighted by Crippen LogP contribution is -2.18. The molecule has 0 unspecified atom stereocenters. The third kappa shape index (κ3) is 2.79. The number of nitrogens with zero attached hydrogens (tertiary/aromatic N) is 1. The predicted octanol–water partition coefficient (Wildman–Crippen LogP) is 5.49. The Kier molecular flexibility index (Phi) is 5.44. The molecule has 2 heterocycles. The molecule has 1 aliphatic heterocycles. The van der Waals surface area contributed by atoms with Crippen molar-refractivity contribution in [1.29, 1.82) is 0 Å². The topological polar surface area (TPSA) is 4.93 Å². The Balaban J connectivity index is 2.94. The first-order valence-electron chi connectivity index (χ1n) is 7.80. The van der Waals surface area contributed by atoms with Gasteiger partial charge in [0.05, 0.1) is 5.69 Å². The van der Waals surface area contributed by atoms with Crippen LogP contribution in [0.3, 0.4) is 0 Å². The summed E-state index contributed by atoms with van der Waals surface area (Å²) in [4.78, 5) is 0. The van der Waals surface area contributed by atoms with Gasteiger partial charge in [-0.25, -0.2) is 0 Å². The Hall–Kier alpha value is -3.00. The molecule has 0 saturated heterocycles. The molecule has 24 heavy (non-hydrogen) atoms. The molecule has 2 rings (SSSR count). The molecular formula is C22H22BN. The van der Waals surface area contributed by atoms with Crippen LogP contribution in [-0.2, 0) is 0 Å². The smallest absolute Gasteiger partial charge is 0.197 e. The van der Waals surface area contributed by atoms with Crippen LogP contribution in [-0.4, -0.2) is 11.8 Å². The predicted molar refractivity (Wildman–Crippen MR) is 113 cm³/mol. The summed E-state index contributed by atoms with van der Waals surface area (Å²) in [6.07, 6.45) is 17.1. The highest BCUT2D eigenvalue weighted by atomic mass is 15.0. The van der Waals surface area contributed by atoms with Crippen molar-refractivity contribution in [2.75, 3.05) is 0 Å². The highest BCUT2D eigenvalue weighted by molar-refractivity contribution is 6.71. The average molecular weight is 311 g/mol. The zero-order chi connectivity index (χ0) is 17.7. The molecule has 0 aliphatic carbocycles. The van der Waals surface area contributed by atoms with E-state index in [-0.39, 0.29) is 0 Å². The number of rotatable bonds is 6. The molecule has 1 aromatic rings. The Bertz CT molecular complexity index is 838. The van der Waals surface area contributed by atoms with Gasteiger partial charge in [-0.15, -0.1) is 0 Å². The largest absolute Gasteiger partial charge is 0.311 e. The lowest BCUT2D eigenvalue weighted by molar-refractivity contribution is 1.07. The minimum absolute atomic E-state index is 0.781. The second-order valence-electron chi connectivity index (χ2n) is 5.38. The maximum absolute atomic E-state index is 4.30. The minimum Gasteiger partial charge on any atom is -0.311 e. The van der Waals surface area contributed by atoms with Gasteiger partial charge in [-0.2, -0.15) is 0 Å². The number of fused-ring (bicyclic) bond motifs is 1. The molecule has 0 saturated carbocycles. The van der Waals surface area contributed by atoms with E-state index in [1.165, 1.54) is 5.47 Å². The van der Waals surface area contributed by atoms with Gasteiger partial charge in [-0.1, -0.05) is 99.0 Å². The van der Waals surface area contributed by atoms with Crippen molar-refractivity contribution in [3.8, 4) is 0 Å². The Morgan fingerprint density at radius 2 is 1.46 bits per heavy atom. The molecular weight excluding hydrogens is 289 g/mol. The quantitative estimate of drug-likeness (QED) is 0.483. The summed E-state index contributed by atoms with van der Waals surface area (Å²) >= 11 is 0. The van der Waals surface area contributed by atoms with Crippen LogP contribution in [0.5, 0.6) is 0 Å². The summed E-state index contributed by atoms with van der Waals surface area (Å²) < 4.78 is 2.14. The van der Waals surface area contributed by atoms with E-state index in [0.29, 0.717) is 0 Å². The van der Waals surface area contributed by atoms with Crippen LogP contribution in [0.4, 0.5) is 0 Å². The van der Waals surface area contributed by atoms with E-state index in [0.717, 1.165) is 41.0 Å². The van der Waals surface area contributed by atoms with Crippen molar-refractivity contribution in [1.82, 2.24) is 4.57 Å². The Labute approximate surface area is 145 Å². The van der Waals surface area contributed by atoms with Gasteiger partial charge in [0.1, 0.15) is 0 Å². The van der Waals surface area contributed by atoms with E-state index in [2.05, 4.69) is 44.0 Å². The van der Waals surface area contributed by atoms with Gasteiger partial charge < -0.3 is 4.57 Å². The molecule has 1 aromatic heterocycles. The fraction of sp³-hybridized carbons (Fsp3) is 0. The van der Waals surface area contributed by atoms with Crippen molar-refractivity contribution in [3.63, 3.8) is 0 Å². The van der Waals surface area contributed by atoms with Crippen LogP contribution in [0.1, 0.15) is 22.5 Å². The van der Waals surface area contributed by atoms with Gasteiger partial charge in [0.25, 0.3) is 0 Å². The van der Waals surface area contributed by atoms with Gasteiger partial charge in [-0.05, 0) is 6.08 Å². The molecule has 0 bridgehead atoms. The highest BCUT2D eigenvalue weighted by Crippen LogP contribution is 2.39. The first-order chi connectivity index (χ1) is 11.6. The fourth-order valence-corrected chi connectivity index (χ4v) is 3.08. The van der Waals surface area contributed by atoms with E-state index in [4.69, 9.17) is 0 Å². The first-order valence-corrected chi connectivity index (χ1v) is 7.80. The van der Waals surface area contributed by atoms with Gasteiger partial charge >= 0.3 is 0 Å². The zero-order valence-electron chi connectivity index (χ0n) is 14.1. The number of hydrogen-bond acceptors (Lipinski definition) is 0. The summed E-state index contributed by atoms with van der Waals surface area (Å²) in [5.74, 6) is 0. The van der Waals surface area contributed by atoms with E-state index in [1.54, 1.807) is 12.2 Å². The molecule has 118 valence electrons. The van der Waals surface area contributed by atoms with Crippen LogP contribution in [0.25, 0.3) is 29.4 Å². The maximum Gasteiger partial charge on any atom is 0.197 e. The third-order valence-electron chi connectivity index (χ3n) is 4.05. The van der Waals surface area contributed by atoms with E-state index in [1.807, 2.05) is 42.5 Å². The molecule has 0 spiro atoms. The van der Waals surface area contributed by atoms with Crippen LogP contribution in [0, 0.1) is 0 Å². The summed E-state index contributed by atoms with van der Waals surface area (Å²) in [6.45, 7) is 23.7. The van der Waals surface area contributed by atoms with Crippen molar-refractivity contribution in [2.24, 2.45) is 0 Å². The molecule has 0 amide bonds. The summed E-state index contributed by atoms with van der Waals surface area (Å²) in [5.41, 5.74) is 7.44. The molecule has 1 nitrogen and oxygen atoms in total. The summed E-state index contributed by atoms with van der Waals surface area (Å²) in [5, 5.41) is 0. The van der Waals surface area contributed by atoms with Crippen molar-refractivity contribution in [3.05, 3.63) is 104 Å². The third-order valence-corrected chi connectivity index (χ3v) is 4.05. The lowest BCUT2D eigenvalue weighted by atomic mass is 9.57. The standard InChI is InChI=1S/C22H22BN/c1-7-12-15-18-17(10-4)22-20(14-9-3)23-19(13-8-2)16(6)24(22)21(18)11-5/h7-15,23H,1-6H2/b15-12-,19-13+,20-14+. The van der Waals surface area contributed by atoms with Crippen molar-refractivity contribution >= 4 is 36.7 Å². The van der Waals surface area contributed by atoms with E-state index < -0.39 is 0 Å². The molecule has 0 N–H and O–H groups in total. The monoisotopic (exact) mass is 311 g/mol. The van der Waals surface area contributed by atoms with E-state index >= 15 is 0 Å². The van der Waals surface area contributed by atoms with Gasteiger partial charge in [-0.3, -0.25) is 0 Å². The maximum atomic E-state index is 4.30. The van der Waals surface area contributed by atoms with Crippen LogP contribution >= 0.6 is 0 Å². The minimum atomic E-state index is 0.781. The Morgan fingerprint density at radius 1 is 0.792 bits per heavy atom. The molecule has 0 fully saturated rings. The molecule has 0 radical (unpaired) electrons. The molecule has 2 heteroatoms. The Morgan fingerprint density at radius 3 is 2.00 bits per heavy atom. The normalized spacial score (nSPS) is 16.8. The highest BCUT2D eigenvalue weighted by Gasteiger charge is 2.28. The van der Waals surface area contributed by atoms with Crippen molar-refractivity contribution in [2.45, 2.75) is 0 Å². The number of allylic oxidation sites excluding steroid dienone is 8. The molecule has 0 aromatic carbocycles. The van der Waals surface area contributed by atoms with E-state index in [9.17, 15) is 0 Å². The lowest BCUT2D eigenvalue weighted by Gasteiger charge is -2.25. The average Bonchev–Trinajstić information content (AvgIpc) is 2.91. The van der Waals surface area contributed by atoms with Gasteiger partial charge in [0.15, 0.2) is 7.28 Å². The molecule has 1 aliphatic rings. The summed E-state index contributed by atoms with van der Waals surface area (Å²) in [6, 6.07) is 0. The second-order valence-corrected chi connectivity index (χ2v) is 5.38. The zero-order valence-corrected chi connectivity index (χ0v) is 14.1. The van der Waals surface area contributed by atoms with Crippen LogP contribution < -0.4 is 0 Å². The van der Waals surface area contributed by atoms with Crippen LogP contribution in [0.2, 0.25) is 0 Å². The van der Waals surface area contributed by atoms with Crippen molar-refractivity contribution < 1.29 is 0 Å². The molecule has 0 atom stereocenters. The number of hydrogen-bond donors (Lipinski definition) is 0.